The lowest BCUT2D eigenvalue weighted by Gasteiger charge is -1.92. The van der Waals surface area contributed by atoms with Gasteiger partial charge in [-0.25, -0.2) is 0 Å². The molecule has 0 bridgehead atoms. The Balaban J connectivity index is 3.71. The lowest BCUT2D eigenvalue weighted by atomic mass is 10.6. The van der Waals surface area contributed by atoms with Gasteiger partial charge in [-0.3, -0.25) is 10.4 Å². The van der Waals surface area contributed by atoms with Gasteiger partial charge in [-0.2, -0.15) is 0 Å². The highest BCUT2D eigenvalue weighted by molar-refractivity contribution is 5.98. The van der Waals surface area contributed by atoms with Gasteiger partial charge in [-0.1, -0.05) is 6.58 Å². The highest BCUT2D eigenvalue weighted by Crippen LogP contribution is 1.67. The van der Waals surface area contributed by atoms with Crippen molar-refractivity contribution in [3.05, 3.63) is 12.7 Å². The van der Waals surface area contributed by atoms with Crippen LogP contribution in [0.25, 0.3) is 0 Å². The van der Waals surface area contributed by atoms with Crippen LogP contribution in [-0.2, 0) is 0 Å². The maximum Gasteiger partial charge on any atom is 0.125 e. The average Bonchev–Trinajstić information content (AvgIpc) is 1.83. The first-order chi connectivity index (χ1) is 3.85. The van der Waals surface area contributed by atoms with Crippen LogP contribution in [0.2, 0.25) is 0 Å². The van der Waals surface area contributed by atoms with E-state index < -0.39 is 0 Å². The van der Waals surface area contributed by atoms with E-state index in [2.05, 4.69) is 16.9 Å². The van der Waals surface area contributed by atoms with Crippen LogP contribution >= 0.6 is 0 Å². The second kappa shape index (κ2) is 4.05. The Morgan fingerprint density at radius 3 is 2.62 bits per heavy atom. The molecule has 0 aromatic heterocycles. The van der Waals surface area contributed by atoms with E-state index in [1.807, 2.05) is 0 Å². The molecule has 0 heterocycles. The van der Waals surface area contributed by atoms with E-state index in [-0.39, 0.29) is 0 Å². The fraction of sp³-hybridized carbons (Fsp3) is 0.200. The summed E-state index contributed by atoms with van der Waals surface area (Å²) in [5, 5.41) is 9.13. The molecule has 0 aromatic rings. The van der Waals surface area contributed by atoms with E-state index in [4.69, 9.17) is 5.41 Å². The monoisotopic (exact) mass is 111 g/mol. The maximum atomic E-state index is 6.58. The van der Waals surface area contributed by atoms with Gasteiger partial charge in [0.2, 0.25) is 0 Å². The maximum absolute atomic E-state index is 6.58. The van der Waals surface area contributed by atoms with E-state index in [1.165, 1.54) is 0 Å². The third-order valence-electron chi connectivity index (χ3n) is 0.654. The van der Waals surface area contributed by atoms with Gasteiger partial charge in [0.15, 0.2) is 0 Å². The molecule has 0 amide bonds. The molecule has 0 unspecified atom stereocenters. The standard InChI is InChI=1S/C5H9N3/c1-3-5(7-2)8-4-6/h3-4H,1H2,2H3,(H2,6,7,8). The lowest BCUT2D eigenvalue weighted by molar-refractivity contribution is 1.30. The molecule has 0 fully saturated rings. The topological polar surface area (TPSA) is 48.2 Å². The molecule has 0 aromatic carbocycles. The fourth-order valence-electron chi connectivity index (χ4n) is 0.289. The van der Waals surface area contributed by atoms with Gasteiger partial charge in [0.05, 0.1) is 6.34 Å². The summed E-state index contributed by atoms with van der Waals surface area (Å²) in [6.07, 6.45) is 2.61. The first-order valence-corrected chi connectivity index (χ1v) is 2.20. The van der Waals surface area contributed by atoms with Crippen LogP contribution in [0.3, 0.4) is 0 Å². The number of aliphatic imine (C=N–C) groups is 1. The van der Waals surface area contributed by atoms with Crippen LogP contribution in [0, 0.1) is 5.41 Å². The number of hydrogen-bond acceptors (Lipinski definition) is 2. The van der Waals surface area contributed by atoms with Crippen LogP contribution in [0.15, 0.2) is 17.6 Å². The van der Waals surface area contributed by atoms with Gasteiger partial charge < -0.3 is 5.32 Å². The second-order valence-electron chi connectivity index (χ2n) is 1.10. The molecule has 0 aliphatic carbocycles. The van der Waals surface area contributed by atoms with Crippen LogP contribution in [0.5, 0.6) is 0 Å². The molecule has 0 rings (SSSR count). The molecular formula is C5H9N3. The molecule has 3 heteroatoms. The number of rotatable bonds is 2. The van der Waals surface area contributed by atoms with Crippen molar-refractivity contribution in [2.45, 2.75) is 0 Å². The predicted molar refractivity (Wildman–Crippen MR) is 35.5 cm³/mol. The molecule has 0 atom stereocenters. The molecule has 0 spiro atoms. The van der Waals surface area contributed by atoms with Crippen molar-refractivity contribution in [2.24, 2.45) is 4.99 Å². The normalized spacial score (nSPS) is 10.4. The van der Waals surface area contributed by atoms with Gasteiger partial charge in [0.1, 0.15) is 5.84 Å². The fourth-order valence-corrected chi connectivity index (χ4v) is 0.289. The molecule has 0 aliphatic rings. The molecule has 0 aliphatic heterocycles. The number of nitrogens with one attached hydrogen (secondary N) is 2. The van der Waals surface area contributed by atoms with Gasteiger partial charge in [0, 0.05) is 7.05 Å². The highest BCUT2D eigenvalue weighted by atomic mass is 15.0. The van der Waals surface area contributed by atoms with Crippen LogP contribution in [-0.4, -0.2) is 19.2 Å². The summed E-state index contributed by atoms with van der Waals surface area (Å²) < 4.78 is 0. The Kier molecular flexibility index (Phi) is 3.48. The molecule has 2 N–H and O–H groups in total. The van der Waals surface area contributed by atoms with Crippen LogP contribution in [0.1, 0.15) is 0 Å². The largest absolute Gasteiger partial charge is 0.332 e. The Morgan fingerprint density at radius 2 is 2.50 bits per heavy atom. The zero-order valence-corrected chi connectivity index (χ0v) is 4.81. The molecule has 0 radical (unpaired) electrons. The molecule has 8 heavy (non-hydrogen) atoms. The van der Waals surface area contributed by atoms with E-state index >= 15 is 0 Å². The van der Waals surface area contributed by atoms with Crippen molar-refractivity contribution < 1.29 is 0 Å². The molecule has 0 saturated heterocycles. The predicted octanol–water partition coefficient (Wildman–Crippen LogP) is 0.397. The molecule has 3 nitrogen and oxygen atoms in total. The Morgan fingerprint density at radius 1 is 1.88 bits per heavy atom. The zero-order chi connectivity index (χ0) is 6.41. The van der Waals surface area contributed by atoms with Crippen molar-refractivity contribution in [1.82, 2.24) is 5.32 Å². The molecular weight excluding hydrogens is 102 g/mol. The summed E-state index contributed by atoms with van der Waals surface area (Å²) in [5.74, 6) is 0.611. The number of nitrogens with zero attached hydrogens (tertiary/aromatic N) is 1. The lowest BCUT2D eigenvalue weighted by Crippen LogP contribution is -2.17. The summed E-state index contributed by atoms with van der Waals surface area (Å²) in [5.41, 5.74) is 0. The SMILES string of the molecule is C=CC(=NC)NC=N. The third kappa shape index (κ3) is 2.12. The van der Waals surface area contributed by atoms with Crippen molar-refractivity contribution in [2.75, 3.05) is 7.05 Å². The summed E-state index contributed by atoms with van der Waals surface area (Å²) in [6.45, 7) is 3.45. The Hall–Kier alpha value is -1.12. The quantitative estimate of drug-likeness (QED) is 0.393. The highest BCUT2D eigenvalue weighted by Gasteiger charge is 1.80. The molecule has 44 valence electrons. The van der Waals surface area contributed by atoms with E-state index in [0.717, 1.165) is 6.34 Å². The van der Waals surface area contributed by atoms with Crippen LogP contribution < -0.4 is 5.32 Å². The van der Waals surface area contributed by atoms with Crippen molar-refractivity contribution >= 4 is 12.2 Å². The second-order valence-corrected chi connectivity index (χ2v) is 1.10. The van der Waals surface area contributed by atoms with E-state index in [9.17, 15) is 0 Å². The third-order valence-corrected chi connectivity index (χ3v) is 0.654. The first-order valence-electron chi connectivity index (χ1n) is 2.20. The van der Waals surface area contributed by atoms with Crippen molar-refractivity contribution in [1.29, 1.82) is 5.41 Å². The van der Waals surface area contributed by atoms with Gasteiger partial charge in [-0.05, 0) is 6.08 Å². The average molecular weight is 111 g/mol. The van der Waals surface area contributed by atoms with Gasteiger partial charge in [-0.15, -0.1) is 0 Å². The summed E-state index contributed by atoms with van der Waals surface area (Å²) in [6, 6.07) is 0. The van der Waals surface area contributed by atoms with Crippen LogP contribution in [0.4, 0.5) is 0 Å². The smallest absolute Gasteiger partial charge is 0.125 e. The zero-order valence-electron chi connectivity index (χ0n) is 4.81. The number of hydrogen-bond donors (Lipinski definition) is 2. The molecule has 0 saturated carbocycles. The summed E-state index contributed by atoms with van der Waals surface area (Å²) in [7, 11) is 1.63. The van der Waals surface area contributed by atoms with E-state index in [1.54, 1.807) is 13.1 Å². The van der Waals surface area contributed by atoms with Gasteiger partial charge in [0.25, 0.3) is 0 Å². The minimum atomic E-state index is 0.611. The van der Waals surface area contributed by atoms with Gasteiger partial charge >= 0.3 is 0 Å². The summed E-state index contributed by atoms with van der Waals surface area (Å²) >= 11 is 0. The minimum Gasteiger partial charge on any atom is -0.332 e. The number of amidine groups is 1. The minimum absolute atomic E-state index is 0.611. The summed E-state index contributed by atoms with van der Waals surface area (Å²) in [4.78, 5) is 3.73. The Labute approximate surface area is 48.6 Å². The van der Waals surface area contributed by atoms with Crippen molar-refractivity contribution in [3.63, 3.8) is 0 Å². The van der Waals surface area contributed by atoms with Crippen molar-refractivity contribution in [3.8, 4) is 0 Å². The van der Waals surface area contributed by atoms with E-state index in [0.29, 0.717) is 5.84 Å². The Bertz CT molecular complexity index is 115. The first kappa shape index (κ1) is 6.88.